The van der Waals surface area contributed by atoms with Gasteiger partial charge in [0.25, 0.3) is 0 Å². The molecule has 0 N–H and O–H groups in total. The predicted molar refractivity (Wildman–Crippen MR) is 45.4 cm³/mol. The molecule has 10 heavy (non-hydrogen) atoms. The molecule has 0 saturated heterocycles. The second-order valence-corrected chi connectivity index (χ2v) is 2.98. The van der Waals surface area contributed by atoms with Crippen LogP contribution in [0.25, 0.3) is 0 Å². The molecule has 0 saturated carbocycles. The molecule has 53 valence electrons. The Kier molecular flexibility index (Phi) is 2.58. The summed E-state index contributed by atoms with van der Waals surface area (Å²) in [5.74, 6) is 0. The minimum atomic E-state index is -0.183. The van der Waals surface area contributed by atoms with Gasteiger partial charge in [-0.05, 0) is 24.6 Å². The van der Waals surface area contributed by atoms with Crippen LogP contribution in [0.3, 0.4) is 0 Å². The van der Waals surface area contributed by atoms with E-state index in [1.165, 1.54) is 0 Å². The highest BCUT2D eigenvalue weighted by atomic mass is 35.5. The Morgan fingerprint density at radius 3 is 2.10 bits per heavy atom. The monoisotopic (exact) mass is 173 g/mol. The highest BCUT2D eigenvalue weighted by Crippen LogP contribution is 2.20. The van der Waals surface area contributed by atoms with E-state index in [9.17, 15) is 0 Å². The van der Waals surface area contributed by atoms with Gasteiger partial charge in [0.15, 0.2) is 0 Å². The Hall–Kier alpha value is -0.200. The van der Waals surface area contributed by atoms with Gasteiger partial charge in [0, 0.05) is 5.02 Å². The first-order chi connectivity index (χ1) is 4.70. The minimum Gasteiger partial charge on any atom is -0.118 e. The standard InChI is InChI=1S/C8H7Cl2/c1-6(9)7-2-4-8(10)5-3-7/h2-6H,1H2. The first kappa shape index (κ1) is 7.90. The predicted octanol–water partition coefficient (Wildman–Crippen LogP) is 3.45. The van der Waals surface area contributed by atoms with Crippen LogP contribution in [0.2, 0.25) is 5.02 Å². The SMILES string of the molecule is [CH2]C(Cl)c1ccc(Cl)cc1. The summed E-state index contributed by atoms with van der Waals surface area (Å²) in [6, 6.07) is 7.34. The van der Waals surface area contributed by atoms with E-state index in [-0.39, 0.29) is 5.38 Å². The van der Waals surface area contributed by atoms with E-state index in [0.29, 0.717) is 0 Å². The van der Waals surface area contributed by atoms with E-state index in [1.54, 1.807) is 12.1 Å². The summed E-state index contributed by atoms with van der Waals surface area (Å²) in [6.07, 6.45) is 0. The molecule has 1 rings (SSSR count). The third-order valence-electron chi connectivity index (χ3n) is 1.23. The van der Waals surface area contributed by atoms with Gasteiger partial charge in [0.2, 0.25) is 0 Å². The molecule has 1 aromatic rings. The van der Waals surface area contributed by atoms with Crippen molar-refractivity contribution in [1.82, 2.24) is 0 Å². The molecule has 0 aliphatic carbocycles. The summed E-state index contributed by atoms with van der Waals surface area (Å²) in [5.41, 5.74) is 0.992. The van der Waals surface area contributed by atoms with Crippen molar-refractivity contribution in [3.63, 3.8) is 0 Å². The van der Waals surface area contributed by atoms with Crippen LogP contribution in [-0.2, 0) is 0 Å². The highest BCUT2D eigenvalue weighted by molar-refractivity contribution is 6.30. The van der Waals surface area contributed by atoms with E-state index in [0.717, 1.165) is 10.6 Å². The molecule has 0 heterocycles. The fraction of sp³-hybridized carbons (Fsp3) is 0.125. The summed E-state index contributed by atoms with van der Waals surface area (Å²) in [4.78, 5) is 0. The van der Waals surface area contributed by atoms with Gasteiger partial charge >= 0.3 is 0 Å². The smallest absolute Gasteiger partial charge is 0.0585 e. The molecule has 0 spiro atoms. The zero-order valence-corrected chi connectivity index (χ0v) is 6.86. The third kappa shape index (κ3) is 1.89. The lowest BCUT2D eigenvalue weighted by Crippen LogP contribution is -1.81. The first-order valence-corrected chi connectivity index (χ1v) is 3.74. The Balaban J connectivity index is 2.89. The lowest BCUT2D eigenvalue weighted by molar-refractivity contribution is 1.21. The molecule has 0 aliphatic heterocycles. The van der Waals surface area contributed by atoms with E-state index < -0.39 is 0 Å². The zero-order chi connectivity index (χ0) is 7.56. The second kappa shape index (κ2) is 3.27. The van der Waals surface area contributed by atoms with Gasteiger partial charge in [-0.15, -0.1) is 11.6 Å². The summed E-state index contributed by atoms with van der Waals surface area (Å²) in [7, 11) is 0. The maximum Gasteiger partial charge on any atom is 0.0585 e. The maximum absolute atomic E-state index is 5.70. The molecular formula is C8H7Cl2. The summed E-state index contributed by atoms with van der Waals surface area (Å²) < 4.78 is 0. The molecule has 1 atom stereocenters. The summed E-state index contributed by atoms with van der Waals surface area (Å²) in [6.45, 7) is 3.66. The average Bonchev–Trinajstić information content (AvgIpc) is 1.88. The van der Waals surface area contributed by atoms with Crippen LogP contribution in [0.5, 0.6) is 0 Å². The molecule has 0 fully saturated rings. The van der Waals surface area contributed by atoms with Crippen LogP contribution in [0.15, 0.2) is 24.3 Å². The Bertz CT molecular complexity index is 201. The summed E-state index contributed by atoms with van der Waals surface area (Å²) >= 11 is 11.4. The largest absolute Gasteiger partial charge is 0.118 e. The van der Waals surface area contributed by atoms with Crippen LogP contribution < -0.4 is 0 Å². The van der Waals surface area contributed by atoms with E-state index in [1.807, 2.05) is 12.1 Å². The lowest BCUT2D eigenvalue weighted by atomic mass is 10.2. The molecule has 0 nitrogen and oxygen atoms in total. The number of hydrogen-bond donors (Lipinski definition) is 0. The van der Waals surface area contributed by atoms with E-state index in [4.69, 9.17) is 23.2 Å². The maximum atomic E-state index is 5.70. The van der Waals surface area contributed by atoms with Crippen molar-refractivity contribution in [2.24, 2.45) is 0 Å². The number of hydrogen-bond acceptors (Lipinski definition) is 0. The molecule has 0 bridgehead atoms. The number of alkyl halides is 1. The molecule has 0 aliphatic rings. The molecule has 0 amide bonds. The first-order valence-electron chi connectivity index (χ1n) is 2.93. The van der Waals surface area contributed by atoms with Crippen LogP contribution in [0.4, 0.5) is 0 Å². The molecular weight excluding hydrogens is 167 g/mol. The average molecular weight is 174 g/mol. The quantitative estimate of drug-likeness (QED) is 0.572. The Morgan fingerprint density at radius 2 is 1.70 bits per heavy atom. The Labute approximate surface area is 70.8 Å². The van der Waals surface area contributed by atoms with Gasteiger partial charge in [-0.2, -0.15) is 0 Å². The van der Waals surface area contributed by atoms with Gasteiger partial charge < -0.3 is 0 Å². The summed E-state index contributed by atoms with van der Waals surface area (Å²) in [5, 5.41) is 0.540. The molecule has 0 aromatic heterocycles. The molecule has 1 radical (unpaired) electrons. The van der Waals surface area contributed by atoms with Crippen LogP contribution in [0, 0.1) is 6.92 Å². The topological polar surface area (TPSA) is 0 Å². The van der Waals surface area contributed by atoms with Crippen molar-refractivity contribution >= 4 is 23.2 Å². The third-order valence-corrected chi connectivity index (χ3v) is 1.74. The number of rotatable bonds is 1. The Morgan fingerprint density at radius 1 is 1.20 bits per heavy atom. The van der Waals surface area contributed by atoms with Gasteiger partial charge in [-0.25, -0.2) is 0 Å². The fourth-order valence-electron chi connectivity index (χ4n) is 0.672. The van der Waals surface area contributed by atoms with Crippen LogP contribution >= 0.6 is 23.2 Å². The normalized spacial score (nSPS) is 13.1. The van der Waals surface area contributed by atoms with Crippen molar-refractivity contribution in [2.45, 2.75) is 5.38 Å². The van der Waals surface area contributed by atoms with E-state index in [2.05, 4.69) is 6.92 Å². The van der Waals surface area contributed by atoms with Gasteiger partial charge in [-0.3, -0.25) is 0 Å². The molecule has 1 unspecified atom stereocenters. The van der Waals surface area contributed by atoms with Crippen molar-refractivity contribution < 1.29 is 0 Å². The van der Waals surface area contributed by atoms with E-state index >= 15 is 0 Å². The number of benzene rings is 1. The van der Waals surface area contributed by atoms with Gasteiger partial charge in [0.05, 0.1) is 5.38 Å². The lowest BCUT2D eigenvalue weighted by Gasteiger charge is -2.00. The minimum absolute atomic E-state index is 0.183. The number of halogens is 2. The molecule has 2 heteroatoms. The fourth-order valence-corrected chi connectivity index (χ4v) is 0.943. The van der Waals surface area contributed by atoms with Crippen LogP contribution in [-0.4, -0.2) is 0 Å². The zero-order valence-electron chi connectivity index (χ0n) is 5.35. The molecule has 1 aromatic carbocycles. The van der Waals surface area contributed by atoms with Gasteiger partial charge in [0.1, 0.15) is 0 Å². The van der Waals surface area contributed by atoms with Crippen molar-refractivity contribution in [3.8, 4) is 0 Å². The van der Waals surface area contributed by atoms with Crippen molar-refractivity contribution in [3.05, 3.63) is 41.8 Å². The van der Waals surface area contributed by atoms with Crippen LogP contribution in [0.1, 0.15) is 10.9 Å². The van der Waals surface area contributed by atoms with Gasteiger partial charge in [-0.1, -0.05) is 23.7 Å². The van der Waals surface area contributed by atoms with Crippen molar-refractivity contribution in [2.75, 3.05) is 0 Å². The second-order valence-electron chi connectivity index (χ2n) is 2.02. The highest BCUT2D eigenvalue weighted by Gasteiger charge is 1.98. The van der Waals surface area contributed by atoms with Crippen molar-refractivity contribution in [1.29, 1.82) is 0 Å².